The van der Waals surface area contributed by atoms with Gasteiger partial charge in [-0.2, -0.15) is 4.98 Å². The van der Waals surface area contributed by atoms with Crippen molar-refractivity contribution >= 4 is 5.91 Å². The number of methoxy groups -OCH3 is 1. The van der Waals surface area contributed by atoms with Gasteiger partial charge in [0, 0.05) is 18.7 Å². The van der Waals surface area contributed by atoms with E-state index in [4.69, 9.17) is 9.26 Å². The molecule has 1 aromatic heterocycles. The second kappa shape index (κ2) is 7.80. The maximum absolute atomic E-state index is 13.1. The van der Waals surface area contributed by atoms with Gasteiger partial charge < -0.3 is 14.2 Å². The molecule has 28 heavy (non-hydrogen) atoms. The summed E-state index contributed by atoms with van der Waals surface area (Å²) in [4.78, 5) is 19.2. The molecule has 0 radical (unpaired) electrons. The lowest BCUT2D eigenvalue weighted by atomic mass is 9.97. The Bertz CT molecular complexity index is 971. The molecule has 2 aromatic carbocycles. The zero-order chi connectivity index (χ0) is 19.5. The normalized spacial score (nSPS) is 16.8. The Kier molecular flexibility index (Phi) is 5.06. The number of nitrogens with zero attached hydrogens (tertiary/aromatic N) is 3. The van der Waals surface area contributed by atoms with Crippen LogP contribution in [0.5, 0.6) is 5.75 Å². The molecule has 144 valence electrons. The molecule has 0 bridgehead atoms. The molecular formula is C21H20FN3O3. The number of halogens is 1. The van der Waals surface area contributed by atoms with E-state index in [9.17, 15) is 9.18 Å². The molecular weight excluding hydrogens is 361 g/mol. The fraction of sp³-hybridized carbons (Fsp3) is 0.286. The third-order valence-electron chi connectivity index (χ3n) is 4.94. The summed E-state index contributed by atoms with van der Waals surface area (Å²) in [7, 11) is 1.56. The van der Waals surface area contributed by atoms with Crippen molar-refractivity contribution in [3.05, 3.63) is 65.8 Å². The number of amides is 1. The first-order valence-electron chi connectivity index (χ1n) is 9.17. The van der Waals surface area contributed by atoms with E-state index in [0.29, 0.717) is 41.7 Å². The first-order valence-corrected chi connectivity index (χ1v) is 9.17. The van der Waals surface area contributed by atoms with E-state index in [2.05, 4.69) is 10.1 Å². The Labute approximate surface area is 161 Å². The Balaban J connectivity index is 1.51. The minimum absolute atomic E-state index is 0.0332. The summed E-state index contributed by atoms with van der Waals surface area (Å²) >= 11 is 0. The molecule has 1 fully saturated rings. The predicted octanol–water partition coefficient (Wildman–Crippen LogP) is 3.90. The number of para-hydroxylation sites is 1. The number of ether oxygens (including phenoxy) is 1. The summed E-state index contributed by atoms with van der Waals surface area (Å²) in [6.07, 6.45) is 1.71. The van der Waals surface area contributed by atoms with Crippen LogP contribution in [0.1, 0.15) is 35.0 Å². The number of carbonyl (C=O) groups excluding carboxylic acids is 1. The molecule has 0 aliphatic carbocycles. The van der Waals surface area contributed by atoms with Crippen LogP contribution in [0.15, 0.2) is 53.1 Å². The third-order valence-corrected chi connectivity index (χ3v) is 4.94. The second-order valence-electron chi connectivity index (χ2n) is 6.75. The molecule has 2 heterocycles. The summed E-state index contributed by atoms with van der Waals surface area (Å²) in [6, 6.07) is 13.2. The number of piperidine rings is 1. The minimum atomic E-state index is -0.315. The van der Waals surface area contributed by atoms with Crippen LogP contribution in [0, 0.1) is 5.82 Å². The number of benzene rings is 2. The van der Waals surface area contributed by atoms with Gasteiger partial charge in [-0.25, -0.2) is 4.39 Å². The van der Waals surface area contributed by atoms with Crippen molar-refractivity contribution in [2.24, 2.45) is 0 Å². The number of likely N-dealkylation sites (tertiary alicyclic amines) is 1. The van der Waals surface area contributed by atoms with Crippen LogP contribution in [-0.2, 0) is 0 Å². The average Bonchev–Trinajstić information content (AvgIpc) is 3.24. The molecule has 4 rings (SSSR count). The van der Waals surface area contributed by atoms with Crippen molar-refractivity contribution in [1.82, 2.24) is 15.0 Å². The van der Waals surface area contributed by atoms with E-state index in [1.54, 1.807) is 36.3 Å². The number of rotatable bonds is 4. The molecule has 1 aliphatic rings. The van der Waals surface area contributed by atoms with Crippen molar-refractivity contribution in [2.45, 2.75) is 18.8 Å². The molecule has 7 heteroatoms. The van der Waals surface area contributed by atoms with Gasteiger partial charge in [-0.15, -0.1) is 0 Å². The van der Waals surface area contributed by atoms with Gasteiger partial charge in [-0.1, -0.05) is 17.3 Å². The lowest BCUT2D eigenvalue weighted by Gasteiger charge is -2.31. The minimum Gasteiger partial charge on any atom is -0.496 e. The fourth-order valence-corrected chi connectivity index (χ4v) is 3.47. The maximum Gasteiger partial charge on any atom is 0.257 e. The zero-order valence-corrected chi connectivity index (χ0v) is 15.5. The largest absolute Gasteiger partial charge is 0.496 e. The standard InChI is InChI=1S/C21H20FN3O3/c1-27-18-7-3-2-6-17(18)21(26)25-12-4-5-15(13-25)20-23-19(24-28-20)14-8-10-16(22)11-9-14/h2-3,6-11,15H,4-5,12-13H2,1H3/t15-/m1/s1. The first-order chi connectivity index (χ1) is 13.7. The molecule has 3 aromatic rings. The fourth-order valence-electron chi connectivity index (χ4n) is 3.47. The smallest absolute Gasteiger partial charge is 0.257 e. The van der Waals surface area contributed by atoms with Crippen molar-refractivity contribution in [2.75, 3.05) is 20.2 Å². The summed E-state index contributed by atoms with van der Waals surface area (Å²) < 4.78 is 23.9. The highest BCUT2D eigenvalue weighted by molar-refractivity contribution is 5.97. The van der Waals surface area contributed by atoms with Gasteiger partial charge in [0.15, 0.2) is 0 Å². The summed E-state index contributed by atoms with van der Waals surface area (Å²) in [5.41, 5.74) is 1.23. The topological polar surface area (TPSA) is 68.5 Å². The van der Waals surface area contributed by atoms with E-state index in [1.165, 1.54) is 12.1 Å². The van der Waals surface area contributed by atoms with Gasteiger partial charge >= 0.3 is 0 Å². The van der Waals surface area contributed by atoms with Crippen LogP contribution < -0.4 is 4.74 Å². The van der Waals surface area contributed by atoms with Crippen LogP contribution in [-0.4, -0.2) is 41.1 Å². The van der Waals surface area contributed by atoms with Crippen molar-refractivity contribution < 1.29 is 18.4 Å². The highest BCUT2D eigenvalue weighted by Gasteiger charge is 2.30. The zero-order valence-electron chi connectivity index (χ0n) is 15.5. The van der Waals surface area contributed by atoms with Gasteiger partial charge in [0.1, 0.15) is 11.6 Å². The highest BCUT2D eigenvalue weighted by atomic mass is 19.1. The van der Waals surface area contributed by atoms with E-state index < -0.39 is 0 Å². The lowest BCUT2D eigenvalue weighted by Crippen LogP contribution is -2.39. The average molecular weight is 381 g/mol. The molecule has 1 aliphatic heterocycles. The van der Waals surface area contributed by atoms with Crippen LogP contribution in [0.4, 0.5) is 4.39 Å². The molecule has 1 saturated heterocycles. The van der Waals surface area contributed by atoms with Gasteiger partial charge in [-0.05, 0) is 49.2 Å². The third kappa shape index (κ3) is 3.60. The lowest BCUT2D eigenvalue weighted by molar-refractivity contribution is 0.0692. The summed E-state index contributed by atoms with van der Waals surface area (Å²) in [5.74, 6) is 1.06. The number of hydrogen-bond acceptors (Lipinski definition) is 5. The first kappa shape index (κ1) is 18.2. The summed E-state index contributed by atoms with van der Waals surface area (Å²) in [6.45, 7) is 1.17. The monoisotopic (exact) mass is 381 g/mol. The van der Waals surface area contributed by atoms with Crippen LogP contribution in [0.3, 0.4) is 0 Å². The van der Waals surface area contributed by atoms with Gasteiger partial charge in [0.25, 0.3) is 5.91 Å². The second-order valence-corrected chi connectivity index (χ2v) is 6.75. The molecule has 1 amide bonds. The molecule has 0 unspecified atom stereocenters. The van der Waals surface area contributed by atoms with E-state index in [-0.39, 0.29) is 17.6 Å². The quantitative estimate of drug-likeness (QED) is 0.686. The Morgan fingerprint density at radius 2 is 2.00 bits per heavy atom. The Morgan fingerprint density at radius 3 is 2.79 bits per heavy atom. The number of carbonyl (C=O) groups is 1. The highest BCUT2D eigenvalue weighted by Crippen LogP contribution is 2.29. The van der Waals surface area contributed by atoms with Gasteiger partial charge in [0.2, 0.25) is 11.7 Å². The number of aromatic nitrogens is 2. The SMILES string of the molecule is COc1ccccc1C(=O)N1CCC[C@@H](c2nc(-c3ccc(F)cc3)no2)C1. The van der Waals surface area contributed by atoms with Crippen LogP contribution in [0.25, 0.3) is 11.4 Å². The Hall–Kier alpha value is -3.22. The molecule has 0 saturated carbocycles. The predicted molar refractivity (Wildman–Crippen MR) is 101 cm³/mol. The van der Waals surface area contributed by atoms with Crippen LogP contribution >= 0.6 is 0 Å². The van der Waals surface area contributed by atoms with Crippen molar-refractivity contribution in [1.29, 1.82) is 0 Å². The molecule has 0 N–H and O–H groups in total. The van der Waals surface area contributed by atoms with Crippen LogP contribution in [0.2, 0.25) is 0 Å². The Morgan fingerprint density at radius 1 is 1.21 bits per heavy atom. The van der Waals surface area contributed by atoms with E-state index in [1.807, 2.05) is 12.1 Å². The van der Waals surface area contributed by atoms with E-state index in [0.717, 1.165) is 12.8 Å². The number of hydrogen-bond donors (Lipinski definition) is 0. The maximum atomic E-state index is 13.1. The van der Waals surface area contributed by atoms with Gasteiger partial charge in [-0.3, -0.25) is 4.79 Å². The molecule has 6 nitrogen and oxygen atoms in total. The molecule has 1 atom stereocenters. The summed E-state index contributed by atoms with van der Waals surface area (Å²) in [5, 5.41) is 4.01. The van der Waals surface area contributed by atoms with Gasteiger partial charge in [0.05, 0.1) is 18.6 Å². The van der Waals surface area contributed by atoms with Crippen molar-refractivity contribution in [3.8, 4) is 17.1 Å². The van der Waals surface area contributed by atoms with Crippen molar-refractivity contribution in [3.63, 3.8) is 0 Å². The molecule has 0 spiro atoms. The van der Waals surface area contributed by atoms with E-state index >= 15 is 0 Å².